The van der Waals surface area contributed by atoms with Crippen molar-refractivity contribution in [2.24, 2.45) is 0 Å². The zero-order valence-electron chi connectivity index (χ0n) is 11.5. The quantitative estimate of drug-likeness (QED) is 0.650. The van der Waals surface area contributed by atoms with Gasteiger partial charge in [-0.15, -0.1) is 0 Å². The molecule has 0 bridgehead atoms. The van der Waals surface area contributed by atoms with Gasteiger partial charge in [-0.3, -0.25) is 0 Å². The lowest BCUT2D eigenvalue weighted by molar-refractivity contribution is 0.216. The Morgan fingerprint density at radius 1 is 1.39 bits per heavy atom. The van der Waals surface area contributed by atoms with Crippen molar-refractivity contribution in [3.8, 4) is 0 Å². The predicted octanol–water partition coefficient (Wildman–Crippen LogP) is 0.476. The van der Waals surface area contributed by atoms with E-state index in [4.69, 9.17) is 0 Å². The zero-order chi connectivity index (χ0) is 12.8. The summed E-state index contributed by atoms with van der Waals surface area (Å²) < 4.78 is 0. The summed E-state index contributed by atoms with van der Waals surface area (Å²) in [6.07, 6.45) is 5.52. The molecule has 5 nitrogen and oxygen atoms in total. The van der Waals surface area contributed by atoms with Gasteiger partial charge in [-0.2, -0.15) is 0 Å². The van der Waals surface area contributed by atoms with Crippen molar-refractivity contribution in [1.82, 2.24) is 20.4 Å². The molecule has 2 aliphatic rings. The molecule has 2 amide bonds. The van der Waals surface area contributed by atoms with E-state index in [2.05, 4.69) is 22.6 Å². The van der Waals surface area contributed by atoms with Crippen molar-refractivity contribution in [2.75, 3.05) is 46.3 Å². The molecule has 0 unspecified atom stereocenters. The van der Waals surface area contributed by atoms with Gasteiger partial charge in [0, 0.05) is 45.3 Å². The predicted molar refractivity (Wildman–Crippen MR) is 72.7 cm³/mol. The number of carbonyl (C=O) groups excluding carboxylic acids is 1. The van der Waals surface area contributed by atoms with E-state index in [1.54, 1.807) is 0 Å². The van der Waals surface area contributed by atoms with Gasteiger partial charge in [-0.05, 0) is 19.9 Å². The minimum atomic E-state index is 0.0832. The second-order valence-corrected chi connectivity index (χ2v) is 5.39. The van der Waals surface area contributed by atoms with Crippen LogP contribution in [0.5, 0.6) is 0 Å². The molecule has 0 aromatic heterocycles. The maximum absolute atomic E-state index is 11.3. The van der Waals surface area contributed by atoms with Crippen LogP contribution in [0.3, 0.4) is 0 Å². The molecule has 18 heavy (non-hydrogen) atoms. The second kappa shape index (κ2) is 6.95. The van der Waals surface area contributed by atoms with E-state index in [9.17, 15) is 4.79 Å². The van der Waals surface area contributed by atoms with Gasteiger partial charge in [0.2, 0.25) is 0 Å². The fourth-order valence-electron chi connectivity index (χ4n) is 2.85. The fraction of sp³-hybridized carbons (Fsp3) is 0.923. The number of hydrogen-bond donors (Lipinski definition) is 2. The van der Waals surface area contributed by atoms with E-state index in [1.165, 1.54) is 25.7 Å². The SMILES string of the molecule is CN(CCNCCN1CCNC1=O)C1CCCC1. The highest BCUT2D eigenvalue weighted by atomic mass is 16.2. The number of urea groups is 1. The van der Waals surface area contributed by atoms with Crippen molar-refractivity contribution in [2.45, 2.75) is 31.7 Å². The van der Waals surface area contributed by atoms with Gasteiger partial charge in [0.25, 0.3) is 0 Å². The van der Waals surface area contributed by atoms with Crippen LogP contribution in [0.15, 0.2) is 0 Å². The molecular formula is C13H26N4O. The number of rotatable bonds is 7. The first-order valence-electron chi connectivity index (χ1n) is 7.21. The first-order valence-corrected chi connectivity index (χ1v) is 7.21. The van der Waals surface area contributed by atoms with E-state index < -0.39 is 0 Å². The van der Waals surface area contributed by atoms with Crippen LogP contribution in [0.1, 0.15) is 25.7 Å². The van der Waals surface area contributed by atoms with E-state index in [-0.39, 0.29) is 6.03 Å². The molecular weight excluding hydrogens is 228 g/mol. The van der Waals surface area contributed by atoms with Gasteiger partial charge in [0.15, 0.2) is 0 Å². The number of carbonyl (C=O) groups is 1. The summed E-state index contributed by atoms with van der Waals surface area (Å²) in [4.78, 5) is 15.6. The summed E-state index contributed by atoms with van der Waals surface area (Å²) >= 11 is 0. The molecule has 0 aromatic rings. The van der Waals surface area contributed by atoms with Gasteiger partial charge in [0.1, 0.15) is 0 Å². The van der Waals surface area contributed by atoms with Crippen molar-refractivity contribution in [3.05, 3.63) is 0 Å². The van der Waals surface area contributed by atoms with Gasteiger partial charge >= 0.3 is 6.03 Å². The molecule has 1 saturated heterocycles. The highest BCUT2D eigenvalue weighted by Gasteiger charge is 2.19. The van der Waals surface area contributed by atoms with Crippen LogP contribution in [0.2, 0.25) is 0 Å². The minimum Gasteiger partial charge on any atom is -0.336 e. The average molecular weight is 254 g/mol. The Hall–Kier alpha value is -0.810. The number of amides is 2. The molecule has 0 atom stereocenters. The number of likely N-dealkylation sites (N-methyl/N-ethyl adjacent to an activating group) is 1. The first-order chi connectivity index (χ1) is 8.77. The molecule has 1 heterocycles. The highest BCUT2D eigenvalue weighted by molar-refractivity contribution is 5.76. The Kier molecular flexibility index (Phi) is 5.26. The van der Waals surface area contributed by atoms with Crippen molar-refractivity contribution < 1.29 is 4.79 Å². The molecule has 0 aromatic carbocycles. The maximum atomic E-state index is 11.3. The Morgan fingerprint density at radius 3 is 2.83 bits per heavy atom. The lowest BCUT2D eigenvalue weighted by atomic mass is 10.2. The number of nitrogens with one attached hydrogen (secondary N) is 2. The summed E-state index contributed by atoms with van der Waals surface area (Å²) in [7, 11) is 2.23. The average Bonchev–Trinajstić information content (AvgIpc) is 3.00. The minimum absolute atomic E-state index is 0.0832. The topological polar surface area (TPSA) is 47.6 Å². The smallest absolute Gasteiger partial charge is 0.317 e. The molecule has 5 heteroatoms. The molecule has 1 aliphatic carbocycles. The zero-order valence-corrected chi connectivity index (χ0v) is 11.5. The third-order valence-electron chi connectivity index (χ3n) is 4.09. The molecule has 0 radical (unpaired) electrons. The molecule has 104 valence electrons. The van der Waals surface area contributed by atoms with Gasteiger partial charge in [-0.25, -0.2) is 4.79 Å². The molecule has 2 N–H and O–H groups in total. The van der Waals surface area contributed by atoms with Gasteiger partial charge in [0.05, 0.1) is 0 Å². The van der Waals surface area contributed by atoms with Crippen LogP contribution in [-0.4, -0.2) is 68.2 Å². The lowest BCUT2D eigenvalue weighted by Gasteiger charge is -2.24. The monoisotopic (exact) mass is 254 g/mol. The van der Waals surface area contributed by atoms with Crippen LogP contribution >= 0.6 is 0 Å². The Morgan fingerprint density at radius 2 is 2.17 bits per heavy atom. The van der Waals surface area contributed by atoms with E-state index in [0.29, 0.717) is 0 Å². The van der Waals surface area contributed by atoms with Crippen LogP contribution < -0.4 is 10.6 Å². The van der Waals surface area contributed by atoms with E-state index >= 15 is 0 Å². The summed E-state index contributed by atoms with van der Waals surface area (Å²) in [5.41, 5.74) is 0. The standard InChI is InChI=1S/C13H26N4O/c1-16(12-4-2-3-5-12)9-6-14-7-10-17-11-8-15-13(17)18/h12,14H,2-11H2,1H3,(H,15,18). The highest BCUT2D eigenvalue weighted by Crippen LogP contribution is 2.21. The normalized spacial score (nSPS) is 21.0. The molecule has 0 spiro atoms. The van der Waals surface area contributed by atoms with Crippen LogP contribution in [0, 0.1) is 0 Å². The van der Waals surface area contributed by atoms with Crippen molar-refractivity contribution in [3.63, 3.8) is 0 Å². The number of nitrogens with zero attached hydrogens (tertiary/aromatic N) is 2. The molecule has 1 saturated carbocycles. The molecule has 2 fully saturated rings. The summed E-state index contributed by atoms with van der Waals surface area (Å²) in [6, 6.07) is 0.885. The van der Waals surface area contributed by atoms with Crippen LogP contribution in [0.25, 0.3) is 0 Å². The Bertz CT molecular complexity index is 266. The number of hydrogen-bond acceptors (Lipinski definition) is 3. The fourth-order valence-corrected chi connectivity index (χ4v) is 2.85. The van der Waals surface area contributed by atoms with E-state index in [1.807, 2.05) is 4.90 Å². The maximum Gasteiger partial charge on any atom is 0.317 e. The van der Waals surface area contributed by atoms with E-state index in [0.717, 1.165) is 45.3 Å². The second-order valence-electron chi connectivity index (χ2n) is 5.39. The largest absolute Gasteiger partial charge is 0.336 e. The summed E-state index contributed by atoms with van der Waals surface area (Å²) in [5, 5.41) is 6.24. The van der Waals surface area contributed by atoms with Crippen LogP contribution in [-0.2, 0) is 0 Å². The molecule has 2 rings (SSSR count). The third kappa shape index (κ3) is 3.85. The first kappa shape index (κ1) is 13.6. The van der Waals surface area contributed by atoms with Gasteiger partial charge in [-0.1, -0.05) is 12.8 Å². The van der Waals surface area contributed by atoms with Crippen molar-refractivity contribution >= 4 is 6.03 Å². The van der Waals surface area contributed by atoms with Crippen LogP contribution in [0.4, 0.5) is 4.79 Å². The Labute approximate surface area is 110 Å². The summed E-state index contributed by atoms with van der Waals surface area (Å²) in [6.45, 7) is 5.48. The molecule has 1 aliphatic heterocycles. The third-order valence-corrected chi connectivity index (χ3v) is 4.09. The van der Waals surface area contributed by atoms with Gasteiger partial charge < -0.3 is 20.4 Å². The lowest BCUT2D eigenvalue weighted by Crippen LogP contribution is -2.39. The Balaban J connectivity index is 1.49. The van der Waals surface area contributed by atoms with Crippen molar-refractivity contribution in [1.29, 1.82) is 0 Å². The summed E-state index contributed by atoms with van der Waals surface area (Å²) in [5.74, 6) is 0.